The predicted molar refractivity (Wildman–Crippen MR) is 78.7 cm³/mol. The molecule has 1 unspecified atom stereocenters. The van der Waals surface area contributed by atoms with Crippen molar-refractivity contribution in [3.8, 4) is 5.75 Å². The van der Waals surface area contributed by atoms with Gasteiger partial charge in [0.15, 0.2) is 5.82 Å². The molecule has 0 saturated carbocycles. The minimum Gasteiger partial charge on any atom is -0.466 e. The van der Waals surface area contributed by atoms with E-state index in [1.165, 1.54) is 6.92 Å². The fourth-order valence-electron chi connectivity index (χ4n) is 2.15. The number of amides is 2. The van der Waals surface area contributed by atoms with E-state index in [1.807, 2.05) is 13.0 Å². The largest absolute Gasteiger partial charge is 0.466 e. The summed E-state index contributed by atoms with van der Waals surface area (Å²) in [6.07, 6.45) is 0. The van der Waals surface area contributed by atoms with Crippen LogP contribution in [0.15, 0.2) is 28.8 Å². The third-order valence-corrected chi connectivity index (χ3v) is 3.43. The van der Waals surface area contributed by atoms with Crippen molar-refractivity contribution >= 4 is 23.3 Å². The van der Waals surface area contributed by atoms with E-state index >= 15 is 0 Å². The lowest BCUT2D eigenvalue weighted by atomic mass is 10.0. The van der Waals surface area contributed by atoms with Crippen LogP contribution >= 0.6 is 0 Å². The number of ether oxygens (including phenoxy) is 1. The normalized spacial score (nSPS) is 19.9. The molecule has 114 valence electrons. The highest BCUT2D eigenvalue weighted by molar-refractivity contribution is 6.18. The SMILES string of the molecule is Cc1ccc2c(c1)NC(=O)C(C)(C(=O)Nc1cc(C)on1)O2. The Hall–Kier alpha value is -2.83. The topological polar surface area (TPSA) is 93.5 Å². The molecular formula is C15H15N3O4. The maximum Gasteiger partial charge on any atom is 0.279 e. The lowest BCUT2D eigenvalue weighted by molar-refractivity contribution is -0.143. The number of nitrogens with zero attached hydrogens (tertiary/aromatic N) is 1. The molecule has 7 nitrogen and oxygen atoms in total. The molecule has 0 spiro atoms. The van der Waals surface area contributed by atoms with Crippen molar-refractivity contribution in [2.75, 3.05) is 10.6 Å². The first-order chi connectivity index (χ1) is 10.4. The summed E-state index contributed by atoms with van der Waals surface area (Å²) in [5.41, 5.74) is -0.156. The highest BCUT2D eigenvalue weighted by Crippen LogP contribution is 2.34. The fourth-order valence-corrected chi connectivity index (χ4v) is 2.15. The molecule has 1 aromatic carbocycles. The highest BCUT2D eigenvalue weighted by Gasteiger charge is 2.47. The first-order valence-corrected chi connectivity index (χ1v) is 6.74. The smallest absolute Gasteiger partial charge is 0.279 e. The van der Waals surface area contributed by atoms with Crippen LogP contribution in [0.3, 0.4) is 0 Å². The van der Waals surface area contributed by atoms with Gasteiger partial charge in [0.05, 0.1) is 5.69 Å². The third-order valence-electron chi connectivity index (χ3n) is 3.43. The summed E-state index contributed by atoms with van der Waals surface area (Å²) in [6, 6.07) is 6.90. The average Bonchev–Trinajstić information content (AvgIpc) is 2.86. The van der Waals surface area contributed by atoms with Crippen LogP contribution in [0.2, 0.25) is 0 Å². The number of carbonyl (C=O) groups is 2. The molecule has 1 aromatic heterocycles. The molecule has 2 amide bonds. The number of nitrogens with one attached hydrogen (secondary N) is 2. The Bertz CT molecular complexity index is 768. The van der Waals surface area contributed by atoms with Gasteiger partial charge in [0, 0.05) is 6.07 Å². The van der Waals surface area contributed by atoms with Crippen LogP contribution in [0.1, 0.15) is 18.2 Å². The van der Waals surface area contributed by atoms with Crippen molar-refractivity contribution in [2.45, 2.75) is 26.4 Å². The van der Waals surface area contributed by atoms with Gasteiger partial charge in [0.25, 0.3) is 17.4 Å². The first-order valence-electron chi connectivity index (χ1n) is 6.74. The summed E-state index contributed by atoms with van der Waals surface area (Å²) in [5, 5.41) is 8.88. The molecule has 1 atom stereocenters. The van der Waals surface area contributed by atoms with Gasteiger partial charge in [-0.05, 0) is 38.5 Å². The third kappa shape index (κ3) is 2.30. The molecule has 1 aliphatic heterocycles. The summed E-state index contributed by atoms with van der Waals surface area (Å²) < 4.78 is 10.5. The van der Waals surface area contributed by atoms with Crippen LogP contribution < -0.4 is 15.4 Å². The molecule has 22 heavy (non-hydrogen) atoms. The molecule has 0 bridgehead atoms. The summed E-state index contributed by atoms with van der Waals surface area (Å²) in [6.45, 7) is 5.01. The second kappa shape index (κ2) is 4.87. The summed E-state index contributed by atoms with van der Waals surface area (Å²) in [5.74, 6) is 0.0668. The second-order valence-electron chi connectivity index (χ2n) is 5.37. The lowest BCUT2D eigenvalue weighted by Crippen LogP contribution is -2.56. The summed E-state index contributed by atoms with van der Waals surface area (Å²) in [4.78, 5) is 24.7. The number of fused-ring (bicyclic) bond motifs is 1. The lowest BCUT2D eigenvalue weighted by Gasteiger charge is -2.33. The van der Waals surface area contributed by atoms with Crippen LogP contribution in [0, 0.1) is 13.8 Å². The van der Waals surface area contributed by atoms with Gasteiger partial charge in [-0.3, -0.25) is 9.59 Å². The van der Waals surface area contributed by atoms with E-state index in [2.05, 4.69) is 15.8 Å². The van der Waals surface area contributed by atoms with E-state index in [1.54, 1.807) is 25.1 Å². The van der Waals surface area contributed by atoms with Crippen LogP contribution in [0.5, 0.6) is 5.75 Å². The number of aromatic nitrogens is 1. The van der Waals surface area contributed by atoms with Gasteiger partial charge in [-0.1, -0.05) is 11.2 Å². The van der Waals surface area contributed by atoms with E-state index in [4.69, 9.17) is 9.26 Å². The zero-order valence-corrected chi connectivity index (χ0v) is 12.4. The number of carbonyl (C=O) groups excluding carboxylic acids is 2. The first kappa shape index (κ1) is 14.1. The Morgan fingerprint density at radius 1 is 1.32 bits per heavy atom. The molecule has 2 aromatic rings. The standard InChI is InChI=1S/C15H15N3O4/c1-8-4-5-11-10(6-8)16-13(19)15(3,21-11)14(20)17-12-7-9(2)22-18-12/h4-7H,1-3H3,(H,16,19)(H,17,18,20). The van der Waals surface area contributed by atoms with Crippen molar-refractivity contribution in [1.29, 1.82) is 0 Å². The predicted octanol–water partition coefficient (Wildman–Crippen LogP) is 2.02. The van der Waals surface area contributed by atoms with E-state index < -0.39 is 17.4 Å². The van der Waals surface area contributed by atoms with Crippen molar-refractivity contribution in [2.24, 2.45) is 0 Å². The van der Waals surface area contributed by atoms with Gasteiger partial charge in [-0.15, -0.1) is 0 Å². The minimum atomic E-state index is -1.69. The summed E-state index contributed by atoms with van der Waals surface area (Å²) >= 11 is 0. The molecule has 1 aliphatic rings. The second-order valence-corrected chi connectivity index (χ2v) is 5.37. The van der Waals surface area contributed by atoms with Gasteiger partial charge in [0.2, 0.25) is 0 Å². The Morgan fingerprint density at radius 3 is 2.77 bits per heavy atom. The monoisotopic (exact) mass is 301 g/mol. The molecule has 2 heterocycles. The highest BCUT2D eigenvalue weighted by atomic mass is 16.5. The Labute approximate surface area is 126 Å². The zero-order chi connectivity index (χ0) is 15.9. The Kier molecular flexibility index (Phi) is 3.13. The Morgan fingerprint density at radius 2 is 2.09 bits per heavy atom. The van der Waals surface area contributed by atoms with E-state index in [0.717, 1.165) is 5.56 Å². The zero-order valence-electron chi connectivity index (χ0n) is 12.4. The number of hydrogen-bond donors (Lipinski definition) is 2. The van der Waals surface area contributed by atoms with E-state index in [-0.39, 0.29) is 5.82 Å². The van der Waals surface area contributed by atoms with Gasteiger partial charge in [0.1, 0.15) is 11.5 Å². The maximum absolute atomic E-state index is 12.4. The van der Waals surface area contributed by atoms with Crippen LogP contribution in [0.4, 0.5) is 11.5 Å². The quantitative estimate of drug-likeness (QED) is 0.828. The van der Waals surface area contributed by atoms with Crippen LogP contribution in [-0.4, -0.2) is 22.6 Å². The van der Waals surface area contributed by atoms with Crippen LogP contribution in [-0.2, 0) is 9.59 Å². The number of aryl methyl sites for hydroxylation is 2. The van der Waals surface area contributed by atoms with E-state index in [0.29, 0.717) is 17.2 Å². The molecule has 2 N–H and O–H groups in total. The van der Waals surface area contributed by atoms with Crippen LogP contribution in [0.25, 0.3) is 0 Å². The molecule has 0 saturated heterocycles. The Balaban J connectivity index is 1.87. The fraction of sp³-hybridized carbons (Fsp3) is 0.267. The molecule has 0 radical (unpaired) electrons. The van der Waals surface area contributed by atoms with Crippen molar-refractivity contribution in [3.05, 3.63) is 35.6 Å². The van der Waals surface area contributed by atoms with E-state index in [9.17, 15) is 9.59 Å². The van der Waals surface area contributed by atoms with Gasteiger partial charge < -0.3 is 19.9 Å². The molecule has 0 fully saturated rings. The molecule has 0 aliphatic carbocycles. The number of benzene rings is 1. The maximum atomic E-state index is 12.4. The molecule has 3 rings (SSSR count). The molecule has 7 heteroatoms. The van der Waals surface area contributed by atoms with Gasteiger partial charge >= 0.3 is 0 Å². The van der Waals surface area contributed by atoms with Crippen molar-refractivity contribution in [3.63, 3.8) is 0 Å². The van der Waals surface area contributed by atoms with Crippen molar-refractivity contribution < 1.29 is 18.8 Å². The number of rotatable bonds is 2. The van der Waals surface area contributed by atoms with Gasteiger partial charge in [-0.25, -0.2) is 0 Å². The minimum absolute atomic E-state index is 0.231. The van der Waals surface area contributed by atoms with Crippen molar-refractivity contribution in [1.82, 2.24) is 5.16 Å². The average molecular weight is 301 g/mol. The number of anilines is 2. The number of hydrogen-bond acceptors (Lipinski definition) is 5. The molecular weight excluding hydrogens is 286 g/mol. The van der Waals surface area contributed by atoms with Gasteiger partial charge in [-0.2, -0.15) is 0 Å². The summed E-state index contributed by atoms with van der Waals surface area (Å²) in [7, 11) is 0.